The molecule has 24 heteroatoms. The summed E-state index contributed by atoms with van der Waals surface area (Å²) in [5.41, 5.74) is 6.02. The summed E-state index contributed by atoms with van der Waals surface area (Å²) in [5, 5.41) is 9.99. The van der Waals surface area contributed by atoms with Crippen LogP contribution in [0.3, 0.4) is 0 Å². The van der Waals surface area contributed by atoms with Crippen LogP contribution in [-0.2, 0) is 52.5 Å². The maximum absolute atomic E-state index is 13.1. The summed E-state index contributed by atoms with van der Waals surface area (Å²) in [5.74, 6) is -6.10. The van der Waals surface area contributed by atoms with Crippen LogP contribution in [0.2, 0.25) is 0 Å². The predicted molar refractivity (Wildman–Crippen MR) is 259 cm³/mol. The number of fused-ring (bicyclic) bond motifs is 2. The maximum atomic E-state index is 13.1. The van der Waals surface area contributed by atoms with E-state index in [1.165, 1.54) is 36.4 Å². The molecule has 73 heavy (non-hydrogen) atoms. The Hall–Kier alpha value is -7.12. The fourth-order valence-electron chi connectivity index (χ4n) is 7.13. The molecule has 0 aromatic heterocycles. The minimum absolute atomic E-state index is 0.0166. The molecule has 0 bridgehead atoms. The van der Waals surface area contributed by atoms with Crippen LogP contribution in [0, 0.1) is 0 Å². The fraction of sp³-hybridized carbons (Fsp3) is 0.510. The molecule has 24 nitrogen and oxygen atoms in total. The summed E-state index contributed by atoms with van der Waals surface area (Å²) in [4.78, 5) is 123. The van der Waals surface area contributed by atoms with Gasteiger partial charge in [-0.3, -0.25) is 68.4 Å². The van der Waals surface area contributed by atoms with Gasteiger partial charge in [0.05, 0.1) is 88.3 Å². The zero-order valence-corrected chi connectivity index (χ0v) is 42.0. The lowest BCUT2D eigenvalue weighted by molar-refractivity contribution is -0.137. The standard InChI is InChI=1S/C30H42N4O11.C15H13N3O6.2C2H6/c1-21(2)31-8-10-40-12-14-42-16-18-44-19-17-43-15-13-41-11-9-32-26(36)20-45-24-5-3-4-22-27(24)30(39)34(29(22)38)23-6-7-25(35)33-28(23)37;16-10(19)6-24-9-3-1-2-7-12(9)15(23)18(14(7)22)8-4-5-11(20)17-13(8)21;2*1-2/h3-5,23,31H,1,6-20H2,2H3,(H,32,36)(H,33,35,37);1-3,8H,4-6H2,(H2,16,19)(H,17,20,21);2*1-2H3. The summed E-state index contributed by atoms with van der Waals surface area (Å²) in [7, 11) is 0. The van der Waals surface area contributed by atoms with Crippen molar-refractivity contribution < 1.29 is 81.1 Å². The van der Waals surface area contributed by atoms with E-state index >= 15 is 0 Å². The Kier molecular flexibility index (Phi) is 26.4. The third kappa shape index (κ3) is 18.2. The van der Waals surface area contributed by atoms with Gasteiger partial charge in [0.2, 0.25) is 23.6 Å². The molecule has 4 aliphatic rings. The van der Waals surface area contributed by atoms with Crippen LogP contribution >= 0.6 is 0 Å². The Morgan fingerprint density at radius 2 is 0.945 bits per heavy atom. The van der Waals surface area contributed by atoms with Crippen molar-refractivity contribution in [3.8, 4) is 11.5 Å². The number of ether oxygens (including phenoxy) is 7. The smallest absolute Gasteiger partial charge is 0.266 e. The van der Waals surface area contributed by atoms with Crippen LogP contribution in [0.25, 0.3) is 0 Å². The van der Waals surface area contributed by atoms with E-state index in [1.54, 1.807) is 0 Å². The number of nitrogens with one attached hydrogen (secondary N) is 4. The number of rotatable bonds is 27. The lowest BCUT2D eigenvalue weighted by Crippen LogP contribution is -2.54. The van der Waals surface area contributed by atoms with Crippen molar-refractivity contribution in [2.24, 2.45) is 5.73 Å². The fourth-order valence-corrected chi connectivity index (χ4v) is 7.13. The number of nitrogens with two attached hydrogens (primary N) is 1. The zero-order valence-electron chi connectivity index (χ0n) is 42.0. The molecular weight excluding hydrogens is 959 g/mol. The normalized spacial score (nSPS) is 16.6. The van der Waals surface area contributed by atoms with Crippen LogP contribution in [0.4, 0.5) is 0 Å². The van der Waals surface area contributed by atoms with Crippen LogP contribution in [0.15, 0.2) is 48.7 Å². The largest absolute Gasteiger partial charge is 0.483 e. The minimum atomic E-state index is -1.09. The number of allylic oxidation sites excluding steroid dienone is 1. The monoisotopic (exact) mass is 1030 g/mol. The van der Waals surface area contributed by atoms with Crippen molar-refractivity contribution in [2.75, 3.05) is 92.4 Å². The van der Waals surface area contributed by atoms with Gasteiger partial charge in [0.1, 0.15) is 23.6 Å². The van der Waals surface area contributed by atoms with Gasteiger partial charge in [-0.25, -0.2) is 0 Å². The number of hydrogen-bond acceptors (Lipinski definition) is 18. The van der Waals surface area contributed by atoms with E-state index in [0.29, 0.717) is 59.5 Å². The number of carbonyl (C=O) groups is 10. The molecule has 4 aliphatic heterocycles. The number of imide groups is 4. The highest BCUT2D eigenvalue weighted by Crippen LogP contribution is 2.35. The zero-order chi connectivity index (χ0) is 53.9. The molecule has 0 spiro atoms. The van der Waals surface area contributed by atoms with Gasteiger partial charge in [0, 0.05) is 31.6 Å². The van der Waals surface area contributed by atoms with Crippen molar-refractivity contribution in [2.45, 2.75) is 72.4 Å². The van der Waals surface area contributed by atoms with Crippen molar-refractivity contribution >= 4 is 59.1 Å². The topological polar surface area (TPSA) is 316 Å². The number of benzene rings is 2. The molecule has 2 aromatic carbocycles. The highest BCUT2D eigenvalue weighted by atomic mass is 16.6. The lowest BCUT2D eigenvalue weighted by Gasteiger charge is -2.27. The molecule has 0 saturated carbocycles. The summed E-state index contributed by atoms with van der Waals surface area (Å²) in [6.07, 6.45) is 0.158. The molecule has 2 unspecified atom stereocenters. The molecule has 2 atom stereocenters. The maximum Gasteiger partial charge on any atom is 0.266 e. The molecule has 0 radical (unpaired) electrons. The van der Waals surface area contributed by atoms with Crippen LogP contribution < -0.4 is 36.5 Å². The number of primary amides is 1. The molecule has 6 rings (SSSR count). The minimum Gasteiger partial charge on any atom is -0.483 e. The summed E-state index contributed by atoms with van der Waals surface area (Å²) >= 11 is 0. The van der Waals surface area contributed by atoms with E-state index < -0.39 is 84.4 Å². The second-order valence-corrected chi connectivity index (χ2v) is 15.4. The Morgan fingerprint density at radius 3 is 1.32 bits per heavy atom. The first-order valence-corrected chi connectivity index (χ1v) is 24.0. The third-order valence-corrected chi connectivity index (χ3v) is 10.3. The quantitative estimate of drug-likeness (QED) is 0.0610. The molecular formula is C49H67N7O17. The van der Waals surface area contributed by atoms with Crippen LogP contribution in [0.5, 0.6) is 11.5 Å². The van der Waals surface area contributed by atoms with Crippen LogP contribution in [-0.4, -0.2) is 173 Å². The SMILES string of the molecule is C=C(C)NCCOCCOCCOCCOCCOCCNC(=O)COc1cccc2c1C(=O)N(C1CCC(=O)NC1=O)C2=O.CC.CC.NC(=O)COc1cccc2c1C(=O)N(C1CCC(=O)NC1=O)C2=O. The average molecular weight is 1030 g/mol. The van der Waals surface area contributed by atoms with E-state index in [0.717, 1.165) is 22.0 Å². The Morgan fingerprint density at radius 1 is 0.575 bits per heavy atom. The van der Waals surface area contributed by atoms with E-state index in [4.69, 9.17) is 38.9 Å². The van der Waals surface area contributed by atoms with Crippen molar-refractivity contribution in [3.05, 3.63) is 70.9 Å². The van der Waals surface area contributed by atoms with Gasteiger partial charge in [-0.15, -0.1) is 0 Å². The Labute approximate surface area is 423 Å². The first-order valence-electron chi connectivity index (χ1n) is 24.0. The molecule has 10 amide bonds. The van der Waals surface area contributed by atoms with Crippen LogP contribution in [0.1, 0.15) is 102 Å². The Bertz CT molecular complexity index is 2290. The van der Waals surface area contributed by atoms with E-state index in [-0.39, 0.29) is 72.6 Å². The van der Waals surface area contributed by atoms with Crippen molar-refractivity contribution in [1.82, 2.24) is 31.1 Å². The number of piperidine rings is 2. The van der Waals surface area contributed by atoms with Gasteiger partial charge in [0.25, 0.3) is 35.4 Å². The van der Waals surface area contributed by atoms with Crippen molar-refractivity contribution in [3.63, 3.8) is 0 Å². The number of hydrogen-bond donors (Lipinski definition) is 5. The molecule has 6 N–H and O–H groups in total. The first kappa shape index (κ1) is 60.2. The van der Waals surface area contributed by atoms with Gasteiger partial charge in [-0.05, 0) is 44.0 Å². The number of carbonyl (C=O) groups excluding carboxylic acids is 10. The molecule has 2 fully saturated rings. The van der Waals surface area contributed by atoms with Gasteiger partial charge < -0.3 is 49.5 Å². The average Bonchev–Trinajstić information content (AvgIpc) is 3.78. The van der Waals surface area contributed by atoms with E-state index in [1.807, 2.05) is 34.6 Å². The second-order valence-electron chi connectivity index (χ2n) is 15.4. The molecule has 2 saturated heterocycles. The van der Waals surface area contributed by atoms with Gasteiger partial charge >= 0.3 is 0 Å². The molecule has 4 heterocycles. The van der Waals surface area contributed by atoms with Crippen molar-refractivity contribution in [1.29, 1.82) is 0 Å². The highest BCUT2D eigenvalue weighted by Gasteiger charge is 2.47. The van der Waals surface area contributed by atoms with Gasteiger partial charge in [-0.2, -0.15) is 0 Å². The molecule has 400 valence electrons. The molecule has 0 aliphatic carbocycles. The first-order chi connectivity index (χ1) is 35.2. The van der Waals surface area contributed by atoms with E-state index in [9.17, 15) is 47.9 Å². The van der Waals surface area contributed by atoms with Gasteiger partial charge in [-0.1, -0.05) is 46.4 Å². The third-order valence-electron chi connectivity index (χ3n) is 10.3. The number of nitrogens with zero attached hydrogens (tertiary/aromatic N) is 2. The summed E-state index contributed by atoms with van der Waals surface area (Å²) < 4.78 is 37.9. The predicted octanol–water partition coefficient (Wildman–Crippen LogP) is 0.793. The lowest BCUT2D eigenvalue weighted by atomic mass is 10.0. The molecule has 2 aromatic rings. The number of amides is 10. The van der Waals surface area contributed by atoms with Gasteiger partial charge in [0.15, 0.2) is 13.2 Å². The van der Waals surface area contributed by atoms with E-state index in [2.05, 4.69) is 27.8 Å². The Balaban J connectivity index is 0.000000420. The second kappa shape index (κ2) is 32.1. The summed E-state index contributed by atoms with van der Waals surface area (Å²) in [6.45, 7) is 18.1. The summed E-state index contributed by atoms with van der Waals surface area (Å²) in [6, 6.07) is 6.64. The highest BCUT2D eigenvalue weighted by molar-refractivity contribution is 6.25.